The Kier molecular flexibility index (Phi) is 6.91. The highest BCUT2D eigenvalue weighted by molar-refractivity contribution is 6.11. The zero-order valence-electron chi connectivity index (χ0n) is 18.0. The van der Waals surface area contributed by atoms with E-state index in [4.69, 9.17) is 4.74 Å². The van der Waals surface area contributed by atoms with Crippen LogP contribution in [0.5, 0.6) is 0 Å². The zero-order valence-corrected chi connectivity index (χ0v) is 18.0. The van der Waals surface area contributed by atoms with Crippen LogP contribution in [0.2, 0.25) is 0 Å². The minimum atomic E-state index is -1.50. The third kappa shape index (κ3) is 4.13. The number of carbonyl (C=O) groups excluding carboxylic acids is 3. The molecule has 0 bridgehead atoms. The maximum absolute atomic E-state index is 14.9. The Bertz CT molecular complexity index is 806. The summed E-state index contributed by atoms with van der Waals surface area (Å²) in [6, 6.07) is 5.74. The second kappa shape index (κ2) is 9.25. The molecule has 0 spiro atoms. The molecular weight excluding hydrogens is 387 g/mol. The number of ether oxygens (including phenoxy) is 1. The van der Waals surface area contributed by atoms with Gasteiger partial charge in [-0.3, -0.25) is 19.3 Å². The van der Waals surface area contributed by atoms with Crippen LogP contribution in [0.3, 0.4) is 0 Å². The van der Waals surface area contributed by atoms with Gasteiger partial charge in [-0.2, -0.15) is 0 Å². The topological polar surface area (TPSA) is 66.9 Å². The summed E-state index contributed by atoms with van der Waals surface area (Å²) >= 11 is 0. The minimum Gasteiger partial charge on any atom is -0.383 e. The van der Waals surface area contributed by atoms with Crippen molar-refractivity contribution in [2.45, 2.75) is 69.9 Å². The highest BCUT2D eigenvalue weighted by atomic mass is 19.1. The summed E-state index contributed by atoms with van der Waals surface area (Å²) in [6.07, 6.45) is 3.06. The van der Waals surface area contributed by atoms with E-state index in [2.05, 4.69) is 0 Å². The number of rotatable bonds is 8. The van der Waals surface area contributed by atoms with Crippen LogP contribution >= 0.6 is 0 Å². The summed E-state index contributed by atoms with van der Waals surface area (Å²) in [5, 5.41) is 0. The molecule has 1 aromatic carbocycles. The number of likely N-dealkylation sites (tertiary alicyclic amines) is 1. The van der Waals surface area contributed by atoms with Crippen LogP contribution in [0.4, 0.5) is 4.39 Å². The molecule has 1 saturated carbocycles. The summed E-state index contributed by atoms with van der Waals surface area (Å²) in [5.41, 5.74) is -1.37. The average Bonchev–Trinajstić information content (AvgIpc) is 3.29. The molecule has 2 aliphatic rings. The Balaban J connectivity index is 1.99. The van der Waals surface area contributed by atoms with Crippen LogP contribution in [-0.4, -0.2) is 59.9 Å². The maximum Gasteiger partial charge on any atom is 0.241 e. The van der Waals surface area contributed by atoms with Crippen LogP contribution in [0, 0.1) is 5.82 Å². The van der Waals surface area contributed by atoms with E-state index in [0.29, 0.717) is 13.2 Å². The van der Waals surface area contributed by atoms with E-state index in [1.54, 1.807) is 24.1 Å². The van der Waals surface area contributed by atoms with E-state index in [1.165, 1.54) is 17.0 Å². The lowest BCUT2D eigenvalue weighted by atomic mass is 9.75. The molecule has 1 aromatic rings. The van der Waals surface area contributed by atoms with Gasteiger partial charge in [-0.15, -0.1) is 0 Å². The Morgan fingerprint density at radius 1 is 1.27 bits per heavy atom. The first-order valence-corrected chi connectivity index (χ1v) is 10.7. The molecule has 0 radical (unpaired) electrons. The Hall–Kier alpha value is -2.28. The van der Waals surface area contributed by atoms with E-state index in [1.807, 2.05) is 13.8 Å². The quantitative estimate of drug-likeness (QED) is 0.609. The number of amides is 3. The molecule has 1 aliphatic heterocycles. The van der Waals surface area contributed by atoms with Gasteiger partial charge < -0.3 is 9.64 Å². The van der Waals surface area contributed by atoms with Gasteiger partial charge in [-0.05, 0) is 32.8 Å². The minimum absolute atomic E-state index is 0.108. The molecule has 1 aliphatic carbocycles. The lowest BCUT2D eigenvalue weighted by Crippen LogP contribution is -2.47. The Morgan fingerprint density at radius 3 is 2.53 bits per heavy atom. The molecule has 1 atom stereocenters. The molecule has 1 saturated heterocycles. The maximum atomic E-state index is 14.9. The standard InChI is InChI=1S/C23H31FN2O4/c1-16(2)25(12-13-30-3)20(27)14-23(18-10-6-7-11-19(18)24)15-21(28)26(22(23)29)17-8-4-5-9-17/h6-7,10-11,16-17H,4-5,8-9,12-15H2,1-3H3. The molecule has 1 heterocycles. The van der Waals surface area contributed by atoms with Crippen LogP contribution in [0.1, 0.15) is 57.9 Å². The van der Waals surface area contributed by atoms with E-state index in [0.717, 1.165) is 25.7 Å². The summed E-state index contributed by atoms with van der Waals surface area (Å²) in [7, 11) is 1.56. The van der Waals surface area contributed by atoms with Gasteiger partial charge in [0.25, 0.3) is 0 Å². The summed E-state index contributed by atoms with van der Waals surface area (Å²) < 4.78 is 20.0. The third-order valence-electron chi connectivity index (χ3n) is 6.36. The van der Waals surface area contributed by atoms with Crippen molar-refractivity contribution in [2.24, 2.45) is 0 Å². The molecule has 2 fully saturated rings. The van der Waals surface area contributed by atoms with Gasteiger partial charge in [0, 0.05) is 44.1 Å². The SMILES string of the molecule is COCCN(C(=O)CC1(c2ccccc2F)CC(=O)N(C2CCCC2)C1=O)C(C)C. The number of benzene rings is 1. The van der Waals surface area contributed by atoms with E-state index in [9.17, 15) is 18.8 Å². The number of halogens is 1. The molecule has 7 heteroatoms. The number of nitrogens with zero attached hydrogens (tertiary/aromatic N) is 2. The van der Waals surface area contributed by atoms with Crippen molar-refractivity contribution in [1.82, 2.24) is 9.80 Å². The monoisotopic (exact) mass is 418 g/mol. The molecule has 3 rings (SSSR count). The Labute approximate surface area is 177 Å². The first-order chi connectivity index (χ1) is 14.3. The van der Waals surface area contributed by atoms with Gasteiger partial charge in [0.1, 0.15) is 5.82 Å². The summed E-state index contributed by atoms with van der Waals surface area (Å²) in [6.45, 7) is 4.50. The average molecular weight is 419 g/mol. The number of hydrogen-bond donors (Lipinski definition) is 0. The number of imide groups is 1. The van der Waals surface area contributed by atoms with E-state index < -0.39 is 17.1 Å². The molecule has 1 unspecified atom stereocenters. The van der Waals surface area contributed by atoms with Gasteiger partial charge in [-0.1, -0.05) is 31.0 Å². The first-order valence-electron chi connectivity index (χ1n) is 10.7. The van der Waals surface area contributed by atoms with Crippen LogP contribution in [0.25, 0.3) is 0 Å². The second-order valence-electron chi connectivity index (χ2n) is 8.60. The lowest BCUT2D eigenvalue weighted by molar-refractivity contribution is -0.145. The van der Waals surface area contributed by atoms with Gasteiger partial charge >= 0.3 is 0 Å². The smallest absolute Gasteiger partial charge is 0.241 e. The van der Waals surface area contributed by atoms with Gasteiger partial charge in [0.15, 0.2) is 0 Å². The first kappa shape index (κ1) is 22.4. The van der Waals surface area contributed by atoms with Crippen LogP contribution < -0.4 is 0 Å². The fraction of sp³-hybridized carbons (Fsp3) is 0.609. The van der Waals surface area contributed by atoms with Crippen LogP contribution in [0.15, 0.2) is 24.3 Å². The molecule has 0 aromatic heterocycles. The molecule has 30 heavy (non-hydrogen) atoms. The van der Waals surface area contributed by atoms with Crippen molar-refractivity contribution in [3.63, 3.8) is 0 Å². The number of carbonyl (C=O) groups is 3. The van der Waals surface area contributed by atoms with E-state index in [-0.39, 0.29) is 42.3 Å². The van der Waals surface area contributed by atoms with Crippen molar-refractivity contribution in [3.05, 3.63) is 35.6 Å². The second-order valence-corrected chi connectivity index (χ2v) is 8.60. The number of methoxy groups -OCH3 is 1. The third-order valence-corrected chi connectivity index (χ3v) is 6.36. The van der Waals surface area contributed by atoms with Crippen molar-refractivity contribution < 1.29 is 23.5 Å². The molecular formula is C23H31FN2O4. The molecule has 0 N–H and O–H groups in total. The van der Waals surface area contributed by atoms with Gasteiger partial charge in [-0.25, -0.2) is 4.39 Å². The van der Waals surface area contributed by atoms with Gasteiger partial charge in [0.2, 0.25) is 17.7 Å². The largest absolute Gasteiger partial charge is 0.383 e. The summed E-state index contributed by atoms with van der Waals surface area (Å²) in [5.74, 6) is -1.59. The predicted molar refractivity (Wildman–Crippen MR) is 110 cm³/mol. The number of hydrogen-bond acceptors (Lipinski definition) is 4. The van der Waals surface area contributed by atoms with Gasteiger partial charge in [0.05, 0.1) is 12.0 Å². The van der Waals surface area contributed by atoms with Crippen molar-refractivity contribution in [2.75, 3.05) is 20.3 Å². The van der Waals surface area contributed by atoms with Crippen LogP contribution in [-0.2, 0) is 24.5 Å². The lowest BCUT2D eigenvalue weighted by Gasteiger charge is -2.33. The predicted octanol–water partition coefficient (Wildman–Crippen LogP) is 3.04. The van der Waals surface area contributed by atoms with Crippen molar-refractivity contribution in [3.8, 4) is 0 Å². The molecule has 3 amide bonds. The molecule has 6 nitrogen and oxygen atoms in total. The normalized spacial score (nSPS) is 22.4. The van der Waals surface area contributed by atoms with Crippen molar-refractivity contribution >= 4 is 17.7 Å². The Morgan fingerprint density at radius 2 is 1.93 bits per heavy atom. The highest BCUT2D eigenvalue weighted by Gasteiger charge is 2.56. The zero-order chi connectivity index (χ0) is 21.9. The fourth-order valence-corrected chi connectivity index (χ4v) is 4.81. The van der Waals surface area contributed by atoms with Crippen molar-refractivity contribution in [1.29, 1.82) is 0 Å². The molecule has 164 valence electrons. The fourth-order valence-electron chi connectivity index (χ4n) is 4.81. The summed E-state index contributed by atoms with van der Waals surface area (Å²) in [4.78, 5) is 42.9. The van der Waals surface area contributed by atoms with E-state index >= 15 is 0 Å². The highest BCUT2D eigenvalue weighted by Crippen LogP contribution is 2.44.